The van der Waals surface area contributed by atoms with Crippen LogP contribution in [0.25, 0.3) is 10.2 Å². The van der Waals surface area contributed by atoms with E-state index in [0.717, 1.165) is 21.3 Å². The molecule has 0 atom stereocenters. The van der Waals surface area contributed by atoms with Gasteiger partial charge in [-0.3, -0.25) is 9.59 Å². The first kappa shape index (κ1) is 19.3. The number of hydrogen-bond donors (Lipinski definition) is 0. The Morgan fingerprint density at radius 1 is 1.19 bits per heavy atom. The second-order valence-corrected chi connectivity index (χ2v) is 7.57. The van der Waals surface area contributed by atoms with Gasteiger partial charge in [0, 0.05) is 10.6 Å². The molecule has 1 heterocycles. The Balaban J connectivity index is 2.15. The number of benzene rings is 2. The van der Waals surface area contributed by atoms with Gasteiger partial charge in [-0.25, -0.2) is 0 Å². The van der Waals surface area contributed by atoms with Gasteiger partial charge in [0.05, 0.1) is 16.8 Å². The van der Waals surface area contributed by atoms with Crippen molar-refractivity contribution >= 4 is 45.0 Å². The molecular weight excluding hydrogens is 384 g/mol. The molecule has 0 aliphatic heterocycles. The van der Waals surface area contributed by atoms with Crippen LogP contribution in [0.3, 0.4) is 0 Å². The lowest BCUT2D eigenvalue weighted by atomic mass is 10.1. The molecule has 0 saturated heterocycles. The molecule has 27 heavy (non-hydrogen) atoms. The largest absolute Gasteiger partial charge is 0.465 e. The number of ether oxygens (including phenoxy) is 1. The molecule has 7 heteroatoms. The van der Waals surface area contributed by atoms with E-state index >= 15 is 0 Å². The van der Waals surface area contributed by atoms with Gasteiger partial charge in [0.15, 0.2) is 4.80 Å². The number of carbonyl (C=O) groups excluding carboxylic acids is 2. The van der Waals surface area contributed by atoms with Gasteiger partial charge in [-0.2, -0.15) is 4.99 Å². The van der Waals surface area contributed by atoms with Gasteiger partial charge >= 0.3 is 5.97 Å². The second-order valence-electron chi connectivity index (χ2n) is 6.13. The van der Waals surface area contributed by atoms with Gasteiger partial charge in [-0.1, -0.05) is 29.0 Å². The third-order valence-electron chi connectivity index (χ3n) is 3.99. The number of thiazole rings is 1. The molecule has 1 aromatic heterocycles. The summed E-state index contributed by atoms with van der Waals surface area (Å²) < 4.78 is 7.81. The Bertz CT molecular complexity index is 1080. The number of amides is 1. The minimum Gasteiger partial charge on any atom is -0.465 e. The fraction of sp³-hybridized carbons (Fsp3) is 0.250. The zero-order chi connectivity index (χ0) is 19.6. The maximum absolute atomic E-state index is 12.6. The molecule has 0 saturated carbocycles. The van der Waals surface area contributed by atoms with Crippen LogP contribution in [-0.4, -0.2) is 23.1 Å². The minimum atomic E-state index is -0.384. The average molecular weight is 403 g/mol. The van der Waals surface area contributed by atoms with Crippen molar-refractivity contribution in [2.45, 2.75) is 27.3 Å². The summed E-state index contributed by atoms with van der Waals surface area (Å²) in [6.45, 7) is 6.06. The summed E-state index contributed by atoms with van der Waals surface area (Å²) in [6, 6.07) is 10.6. The van der Waals surface area contributed by atoms with Crippen molar-refractivity contribution in [2.24, 2.45) is 4.99 Å². The van der Waals surface area contributed by atoms with E-state index in [1.54, 1.807) is 35.8 Å². The fourth-order valence-corrected chi connectivity index (χ4v) is 4.23. The van der Waals surface area contributed by atoms with Crippen molar-refractivity contribution in [3.63, 3.8) is 0 Å². The molecule has 0 spiro atoms. The lowest BCUT2D eigenvalue weighted by Gasteiger charge is -2.07. The van der Waals surface area contributed by atoms with Crippen LogP contribution in [0.1, 0.15) is 28.4 Å². The summed E-state index contributed by atoms with van der Waals surface area (Å²) >= 11 is 7.26. The quantitative estimate of drug-likeness (QED) is 0.612. The Hall–Kier alpha value is -2.44. The van der Waals surface area contributed by atoms with Crippen LogP contribution < -0.4 is 4.80 Å². The van der Waals surface area contributed by atoms with Crippen molar-refractivity contribution in [1.29, 1.82) is 0 Å². The van der Waals surface area contributed by atoms with Gasteiger partial charge in [-0.15, -0.1) is 0 Å². The van der Waals surface area contributed by atoms with Gasteiger partial charge in [0.25, 0.3) is 5.91 Å². The van der Waals surface area contributed by atoms with Crippen LogP contribution in [0.2, 0.25) is 5.02 Å². The molecule has 0 aliphatic carbocycles. The summed E-state index contributed by atoms with van der Waals surface area (Å²) in [5, 5.41) is 0.553. The van der Waals surface area contributed by atoms with E-state index in [2.05, 4.69) is 4.99 Å². The Morgan fingerprint density at radius 2 is 1.89 bits per heavy atom. The highest BCUT2D eigenvalue weighted by Gasteiger charge is 2.15. The number of nitrogens with zero attached hydrogens (tertiary/aromatic N) is 2. The zero-order valence-electron chi connectivity index (χ0n) is 15.3. The Labute approximate surface area is 165 Å². The molecule has 0 N–H and O–H groups in total. The maximum Gasteiger partial charge on any atom is 0.326 e. The van der Waals surface area contributed by atoms with E-state index in [0.29, 0.717) is 22.0 Å². The van der Waals surface area contributed by atoms with Gasteiger partial charge in [-0.05, 0) is 62.2 Å². The minimum absolute atomic E-state index is 0.00444. The zero-order valence-corrected chi connectivity index (χ0v) is 16.9. The second kappa shape index (κ2) is 8.06. The van der Waals surface area contributed by atoms with E-state index < -0.39 is 0 Å². The highest BCUT2D eigenvalue weighted by molar-refractivity contribution is 7.16. The summed E-state index contributed by atoms with van der Waals surface area (Å²) in [5.74, 6) is -0.747. The molecule has 0 fully saturated rings. The molecule has 140 valence electrons. The third kappa shape index (κ3) is 4.28. The Morgan fingerprint density at radius 3 is 2.56 bits per heavy atom. The molecule has 2 aromatic carbocycles. The smallest absolute Gasteiger partial charge is 0.326 e. The predicted molar refractivity (Wildman–Crippen MR) is 107 cm³/mol. The summed E-state index contributed by atoms with van der Waals surface area (Å²) in [5.41, 5.74) is 3.46. The molecule has 5 nitrogen and oxygen atoms in total. The van der Waals surface area contributed by atoms with Crippen molar-refractivity contribution in [2.75, 3.05) is 6.61 Å². The van der Waals surface area contributed by atoms with Crippen molar-refractivity contribution in [1.82, 2.24) is 4.57 Å². The number of hydrogen-bond acceptors (Lipinski definition) is 4. The molecular formula is C20H19ClN2O3S. The summed E-state index contributed by atoms with van der Waals surface area (Å²) in [7, 11) is 0. The highest BCUT2D eigenvalue weighted by atomic mass is 35.5. The van der Waals surface area contributed by atoms with E-state index in [1.807, 2.05) is 26.0 Å². The molecule has 0 bridgehead atoms. The number of halogens is 1. The van der Waals surface area contributed by atoms with E-state index in [-0.39, 0.29) is 18.4 Å². The van der Waals surface area contributed by atoms with Gasteiger partial charge < -0.3 is 9.30 Å². The first-order chi connectivity index (χ1) is 12.9. The SMILES string of the molecule is CCOC(=O)Cn1c(=NC(=O)c2ccc(Cl)cc2)sc2cc(C)cc(C)c21. The summed E-state index contributed by atoms with van der Waals surface area (Å²) in [4.78, 5) is 29.4. The van der Waals surface area contributed by atoms with Crippen LogP contribution in [0, 0.1) is 13.8 Å². The first-order valence-corrected chi connectivity index (χ1v) is 9.69. The van der Waals surface area contributed by atoms with Crippen molar-refractivity contribution in [3.05, 3.63) is 62.9 Å². The lowest BCUT2D eigenvalue weighted by Crippen LogP contribution is -2.23. The molecule has 0 unspecified atom stereocenters. The van der Waals surface area contributed by atoms with E-state index in [4.69, 9.17) is 16.3 Å². The van der Waals surface area contributed by atoms with Crippen molar-refractivity contribution < 1.29 is 14.3 Å². The van der Waals surface area contributed by atoms with E-state index in [1.165, 1.54) is 11.3 Å². The normalized spacial score (nSPS) is 11.8. The maximum atomic E-state index is 12.6. The standard InChI is InChI=1S/C20H19ClN2O3S/c1-4-26-17(24)11-23-18-13(3)9-12(2)10-16(18)27-20(23)22-19(25)14-5-7-15(21)8-6-14/h5-10H,4,11H2,1-3H3. The number of carbonyl (C=O) groups is 2. The van der Waals surface area contributed by atoms with Gasteiger partial charge in [0.1, 0.15) is 6.54 Å². The lowest BCUT2D eigenvalue weighted by molar-refractivity contribution is -0.143. The van der Waals surface area contributed by atoms with Crippen LogP contribution in [-0.2, 0) is 16.1 Å². The van der Waals surface area contributed by atoms with Crippen LogP contribution in [0.4, 0.5) is 0 Å². The number of fused-ring (bicyclic) bond motifs is 1. The molecule has 1 amide bonds. The number of rotatable bonds is 4. The predicted octanol–water partition coefficient (Wildman–Crippen LogP) is 4.28. The molecule has 3 rings (SSSR count). The number of aryl methyl sites for hydroxylation is 2. The average Bonchev–Trinajstić information content (AvgIpc) is 2.92. The molecule has 0 aliphatic rings. The van der Waals surface area contributed by atoms with Crippen molar-refractivity contribution in [3.8, 4) is 0 Å². The third-order valence-corrected chi connectivity index (χ3v) is 5.27. The van der Waals surface area contributed by atoms with Crippen LogP contribution in [0.5, 0.6) is 0 Å². The van der Waals surface area contributed by atoms with E-state index in [9.17, 15) is 9.59 Å². The molecule has 0 radical (unpaired) electrons. The van der Waals surface area contributed by atoms with Crippen LogP contribution in [0.15, 0.2) is 41.4 Å². The first-order valence-electron chi connectivity index (χ1n) is 8.50. The number of aromatic nitrogens is 1. The summed E-state index contributed by atoms with van der Waals surface area (Å²) in [6.07, 6.45) is 0. The fourth-order valence-electron chi connectivity index (χ4n) is 2.90. The molecule has 3 aromatic rings. The Kier molecular flexibility index (Phi) is 5.77. The monoisotopic (exact) mass is 402 g/mol. The highest BCUT2D eigenvalue weighted by Crippen LogP contribution is 2.23. The van der Waals surface area contributed by atoms with Crippen LogP contribution >= 0.6 is 22.9 Å². The topological polar surface area (TPSA) is 60.7 Å². The number of esters is 1. The van der Waals surface area contributed by atoms with Gasteiger partial charge in [0.2, 0.25) is 0 Å².